The molecule has 0 saturated heterocycles. The number of Topliss-reactive ketones (excluding diaryl/α,β-unsaturated/α-hetero) is 2. The van der Waals surface area contributed by atoms with E-state index in [1.165, 1.54) is 17.0 Å². The molecule has 0 fully saturated rings. The maximum atomic E-state index is 13.3. The molecule has 0 aromatic heterocycles. The summed E-state index contributed by atoms with van der Waals surface area (Å²) in [4.78, 5) is 51.3. The summed E-state index contributed by atoms with van der Waals surface area (Å²) in [7, 11) is 3.10. The van der Waals surface area contributed by atoms with Gasteiger partial charge in [-0.25, -0.2) is 0 Å². The van der Waals surface area contributed by atoms with E-state index in [0.717, 1.165) is 0 Å². The number of carbonyl (C=O) groups is 4. The van der Waals surface area contributed by atoms with Gasteiger partial charge in [0, 0.05) is 17.1 Å². The smallest absolute Gasteiger partial charge is 0.255 e. The third kappa shape index (κ3) is 2.59. The van der Waals surface area contributed by atoms with E-state index in [2.05, 4.69) is 0 Å². The van der Waals surface area contributed by atoms with Crippen molar-refractivity contribution in [2.24, 2.45) is 17.6 Å². The molecule has 4 atom stereocenters. The summed E-state index contributed by atoms with van der Waals surface area (Å²) in [6.45, 7) is 0. The van der Waals surface area contributed by atoms with E-state index in [4.69, 9.17) is 5.73 Å². The van der Waals surface area contributed by atoms with Gasteiger partial charge >= 0.3 is 0 Å². The Kier molecular flexibility index (Phi) is 4.76. The Morgan fingerprint density at radius 2 is 1.88 bits per heavy atom. The number of aliphatic hydroxyl groups excluding tert-OH is 2. The van der Waals surface area contributed by atoms with Crippen molar-refractivity contribution in [3.63, 3.8) is 0 Å². The van der Waals surface area contributed by atoms with Crippen LogP contribution in [0.4, 0.5) is 0 Å². The highest BCUT2D eigenvalue weighted by Gasteiger charge is 2.63. The molecule has 10 nitrogen and oxygen atoms in total. The molecule has 10 heteroatoms. The van der Waals surface area contributed by atoms with E-state index in [1.807, 2.05) is 0 Å². The van der Waals surface area contributed by atoms with E-state index < -0.39 is 63.8 Å². The van der Waals surface area contributed by atoms with Gasteiger partial charge in [0.05, 0.1) is 11.6 Å². The summed E-state index contributed by atoms with van der Waals surface area (Å²) in [5.41, 5.74) is 1.80. The molecule has 6 N–H and O–H groups in total. The number of aliphatic hydroxyl groups is 3. The summed E-state index contributed by atoms with van der Waals surface area (Å²) < 4.78 is 0. The monoisotopic (exact) mass is 442 g/mol. The van der Waals surface area contributed by atoms with Crippen molar-refractivity contribution in [3.05, 3.63) is 51.5 Å². The molecule has 1 amide bonds. The standard InChI is InChI=1S/C22H22N2O8/c1-24(2)16-11-6-9-5-10-8(7-25)3-4-12(26)14(10)17(27)13(9)19(29)22(11,32)20(30)15(18(16)28)21(23)31/h3-4,7,9,11,16,26,28-29,32H,5-6H2,1-2H3,(H2,23,31)/t9?,11?,16-,22-/m0/s1. The first-order chi connectivity index (χ1) is 15.0. The lowest BCUT2D eigenvalue weighted by Gasteiger charge is -2.50. The molecular weight excluding hydrogens is 420 g/mol. The predicted molar refractivity (Wildman–Crippen MR) is 109 cm³/mol. The minimum absolute atomic E-state index is 0.0281. The second kappa shape index (κ2) is 7.01. The zero-order valence-corrected chi connectivity index (χ0v) is 17.3. The van der Waals surface area contributed by atoms with Crippen LogP contribution in [0.5, 0.6) is 5.75 Å². The fraction of sp³-hybridized carbons (Fsp3) is 0.364. The molecule has 0 heterocycles. The third-order valence-corrected chi connectivity index (χ3v) is 6.77. The minimum Gasteiger partial charge on any atom is -0.510 e. The number of nitrogens with two attached hydrogens (primary N) is 1. The number of aromatic hydroxyl groups is 1. The predicted octanol–water partition coefficient (Wildman–Crippen LogP) is -0.0669. The molecule has 0 bridgehead atoms. The van der Waals surface area contributed by atoms with Gasteiger partial charge in [0.15, 0.2) is 11.4 Å². The van der Waals surface area contributed by atoms with Crippen LogP contribution in [0.1, 0.15) is 32.7 Å². The molecule has 0 spiro atoms. The number of hydrogen-bond donors (Lipinski definition) is 5. The quantitative estimate of drug-likeness (QED) is 0.316. The van der Waals surface area contributed by atoms with Crippen LogP contribution in [-0.2, 0) is 16.0 Å². The Labute approximate surface area is 182 Å². The van der Waals surface area contributed by atoms with Crippen molar-refractivity contribution in [1.29, 1.82) is 0 Å². The molecule has 32 heavy (non-hydrogen) atoms. The highest BCUT2D eigenvalue weighted by atomic mass is 16.3. The van der Waals surface area contributed by atoms with Gasteiger partial charge in [0.2, 0.25) is 5.78 Å². The minimum atomic E-state index is -2.68. The van der Waals surface area contributed by atoms with Crippen LogP contribution in [0.15, 0.2) is 34.8 Å². The zero-order chi connectivity index (χ0) is 23.7. The lowest BCUT2D eigenvalue weighted by molar-refractivity contribution is -0.148. The molecule has 4 rings (SSSR count). The number of fused-ring (bicyclic) bond motifs is 3. The number of aldehydes is 1. The van der Waals surface area contributed by atoms with Gasteiger partial charge in [0.1, 0.15) is 29.1 Å². The zero-order valence-electron chi connectivity index (χ0n) is 17.3. The van der Waals surface area contributed by atoms with Gasteiger partial charge in [-0.2, -0.15) is 0 Å². The second-order valence-corrected chi connectivity index (χ2v) is 8.61. The number of nitrogens with zero attached hydrogens (tertiary/aromatic N) is 1. The Bertz CT molecular complexity index is 1160. The number of carbonyl (C=O) groups excluding carboxylic acids is 4. The topological polar surface area (TPSA) is 178 Å². The van der Waals surface area contributed by atoms with E-state index >= 15 is 0 Å². The van der Waals surface area contributed by atoms with Crippen LogP contribution in [0.2, 0.25) is 0 Å². The van der Waals surface area contributed by atoms with E-state index in [9.17, 15) is 39.6 Å². The molecule has 0 aliphatic heterocycles. The molecule has 3 aliphatic carbocycles. The lowest BCUT2D eigenvalue weighted by atomic mass is 9.58. The van der Waals surface area contributed by atoms with Gasteiger partial charge in [-0.1, -0.05) is 0 Å². The molecule has 0 radical (unpaired) electrons. The molecule has 2 unspecified atom stereocenters. The molecule has 1 aromatic carbocycles. The van der Waals surface area contributed by atoms with Gasteiger partial charge in [-0.15, -0.1) is 0 Å². The number of likely N-dealkylation sites (N-methyl/N-ethyl adjacent to an activating group) is 1. The van der Waals surface area contributed by atoms with Crippen molar-refractivity contribution >= 4 is 23.8 Å². The first-order valence-corrected chi connectivity index (χ1v) is 9.91. The SMILES string of the molecule is CN(C)[C@@H]1C(O)=C(C(N)=O)C(=O)[C@@]2(O)C(O)=C3C(=O)c4c(O)ccc(C=O)c4CC3CC12. The van der Waals surface area contributed by atoms with E-state index in [0.29, 0.717) is 11.8 Å². The maximum Gasteiger partial charge on any atom is 0.255 e. The summed E-state index contributed by atoms with van der Waals surface area (Å²) in [5.74, 6) is -7.18. The van der Waals surface area contributed by atoms with Crippen LogP contribution in [-0.4, -0.2) is 74.8 Å². The number of phenolic OH excluding ortho intramolecular Hbond substituents is 1. The first kappa shape index (κ1) is 21.7. The van der Waals surface area contributed by atoms with Crippen molar-refractivity contribution in [2.45, 2.75) is 24.5 Å². The Balaban J connectivity index is 1.99. The van der Waals surface area contributed by atoms with Crippen LogP contribution in [0.3, 0.4) is 0 Å². The molecule has 1 aromatic rings. The van der Waals surface area contributed by atoms with E-state index in [1.54, 1.807) is 14.1 Å². The second-order valence-electron chi connectivity index (χ2n) is 8.61. The van der Waals surface area contributed by atoms with Gasteiger partial charge < -0.3 is 26.2 Å². The normalized spacial score (nSPS) is 29.6. The van der Waals surface area contributed by atoms with Crippen molar-refractivity contribution in [2.75, 3.05) is 14.1 Å². The van der Waals surface area contributed by atoms with Crippen LogP contribution in [0, 0.1) is 11.8 Å². The van der Waals surface area contributed by atoms with Crippen molar-refractivity contribution in [1.82, 2.24) is 4.90 Å². The number of benzene rings is 1. The summed E-state index contributed by atoms with van der Waals surface area (Å²) >= 11 is 0. The van der Waals surface area contributed by atoms with Crippen molar-refractivity contribution in [3.8, 4) is 5.75 Å². The number of allylic oxidation sites excluding steroid dienone is 1. The summed E-state index contributed by atoms with van der Waals surface area (Å²) in [5, 5.41) is 43.5. The molecular formula is C22H22N2O8. The summed E-state index contributed by atoms with van der Waals surface area (Å²) in [6.07, 6.45) is 0.608. The van der Waals surface area contributed by atoms with Gasteiger partial charge in [-0.05, 0) is 50.6 Å². The lowest BCUT2D eigenvalue weighted by Crippen LogP contribution is -2.63. The number of rotatable bonds is 3. The Morgan fingerprint density at radius 3 is 2.44 bits per heavy atom. The number of amides is 1. The van der Waals surface area contributed by atoms with E-state index in [-0.39, 0.29) is 29.5 Å². The van der Waals surface area contributed by atoms with Gasteiger partial charge in [-0.3, -0.25) is 24.1 Å². The Hall–Kier alpha value is -3.50. The fourth-order valence-corrected chi connectivity index (χ4v) is 5.39. The Morgan fingerprint density at radius 1 is 1.22 bits per heavy atom. The van der Waals surface area contributed by atoms with Crippen LogP contribution < -0.4 is 5.73 Å². The largest absolute Gasteiger partial charge is 0.510 e. The van der Waals surface area contributed by atoms with Crippen LogP contribution >= 0.6 is 0 Å². The maximum absolute atomic E-state index is 13.3. The number of ketones is 2. The van der Waals surface area contributed by atoms with Crippen molar-refractivity contribution < 1.29 is 39.6 Å². The highest BCUT2D eigenvalue weighted by Crippen LogP contribution is 2.52. The van der Waals surface area contributed by atoms with Crippen LogP contribution in [0.25, 0.3) is 0 Å². The first-order valence-electron chi connectivity index (χ1n) is 9.91. The molecule has 3 aliphatic rings. The van der Waals surface area contributed by atoms with Gasteiger partial charge in [0.25, 0.3) is 5.91 Å². The molecule has 0 saturated carbocycles. The average Bonchev–Trinajstić information content (AvgIpc) is 2.70. The third-order valence-electron chi connectivity index (χ3n) is 6.77. The average molecular weight is 442 g/mol. The number of primary amides is 1. The molecule has 168 valence electrons. The summed E-state index contributed by atoms with van der Waals surface area (Å²) in [6, 6.07) is 1.50. The highest BCUT2D eigenvalue weighted by molar-refractivity contribution is 6.24. The number of hydrogen-bond acceptors (Lipinski definition) is 9. The fourth-order valence-electron chi connectivity index (χ4n) is 5.39. The number of phenols is 1.